The van der Waals surface area contributed by atoms with Crippen LogP contribution in [0.3, 0.4) is 0 Å². The summed E-state index contributed by atoms with van der Waals surface area (Å²) >= 11 is 0. The van der Waals surface area contributed by atoms with Crippen molar-refractivity contribution in [3.05, 3.63) is 52.8 Å². The van der Waals surface area contributed by atoms with Crippen molar-refractivity contribution in [2.75, 3.05) is 13.1 Å². The van der Waals surface area contributed by atoms with Crippen LogP contribution in [0.4, 0.5) is 0 Å². The highest BCUT2D eigenvalue weighted by atomic mass is 16.2. The fourth-order valence-corrected chi connectivity index (χ4v) is 3.16. The second-order valence-electron chi connectivity index (χ2n) is 6.01. The zero-order valence-corrected chi connectivity index (χ0v) is 12.6. The number of likely N-dealkylation sites (tertiary alicyclic amines) is 1. The summed E-state index contributed by atoms with van der Waals surface area (Å²) in [6.45, 7) is 5.94. The van der Waals surface area contributed by atoms with Gasteiger partial charge in [0.2, 0.25) is 5.91 Å². The lowest BCUT2D eigenvalue weighted by Gasteiger charge is -2.17. The van der Waals surface area contributed by atoms with E-state index < -0.39 is 0 Å². The van der Waals surface area contributed by atoms with Crippen LogP contribution in [-0.4, -0.2) is 34.1 Å². The van der Waals surface area contributed by atoms with Crippen LogP contribution in [0.25, 0.3) is 0 Å². The predicted octanol–water partition coefficient (Wildman–Crippen LogP) is 2.59. The van der Waals surface area contributed by atoms with Crippen LogP contribution in [0.15, 0.2) is 30.5 Å². The number of nitrogens with one attached hydrogen (secondary N) is 1. The summed E-state index contributed by atoms with van der Waals surface area (Å²) in [6, 6.07) is 8.55. The molecule has 4 heteroatoms. The van der Waals surface area contributed by atoms with E-state index in [0.29, 0.717) is 12.3 Å². The van der Waals surface area contributed by atoms with Gasteiger partial charge in [-0.15, -0.1) is 0 Å². The number of hydrogen-bond acceptors (Lipinski definition) is 2. The maximum atomic E-state index is 12.3. The minimum absolute atomic E-state index is 0.186. The largest absolute Gasteiger partial charge is 0.342 e. The molecule has 0 bridgehead atoms. The molecule has 0 spiro atoms. The van der Waals surface area contributed by atoms with Crippen molar-refractivity contribution in [2.24, 2.45) is 0 Å². The van der Waals surface area contributed by atoms with Gasteiger partial charge in [-0.3, -0.25) is 9.89 Å². The molecule has 1 aliphatic heterocycles. The predicted molar refractivity (Wildman–Crippen MR) is 82.1 cm³/mol. The van der Waals surface area contributed by atoms with E-state index in [4.69, 9.17) is 0 Å². The molecule has 0 unspecified atom stereocenters. The average molecular weight is 283 g/mol. The number of rotatable bonds is 3. The van der Waals surface area contributed by atoms with Crippen molar-refractivity contribution >= 4 is 5.91 Å². The highest BCUT2D eigenvalue weighted by molar-refractivity contribution is 5.78. The molecule has 4 nitrogen and oxygen atoms in total. The van der Waals surface area contributed by atoms with Gasteiger partial charge in [0, 0.05) is 30.9 Å². The maximum Gasteiger partial charge on any atom is 0.228 e. The molecule has 2 aromatic rings. The molecule has 2 heterocycles. The fourth-order valence-electron chi connectivity index (χ4n) is 3.16. The minimum Gasteiger partial charge on any atom is -0.342 e. The van der Waals surface area contributed by atoms with Gasteiger partial charge in [0.1, 0.15) is 0 Å². The number of benzene rings is 1. The molecule has 21 heavy (non-hydrogen) atoms. The number of carbonyl (C=O) groups excluding carboxylic acids is 1. The van der Waals surface area contributed by atoms with Crippen molar-refractivity contribution in [2.45, 2.75) is 32.6 Å². The summed E-state index contributed by atoms with van der Waals surface area (Å²) in [5.74, 6) is 0.653. The van der Waals surface area contributed by atoms with Crippen LogP contribution >= 0.6 is 0 Å². The zero-order chi connectivity index (χ0) is 14.8. The maximum absolute atomic E-state index is 12.3. The number of amides is 1. The minimum atomic E-state index is 0.186. The van der Waals surface area contributed by atoms with Gasteiger partial charge in [0.15, 0.2) is 0 Å². The summed E-state index contributed by atoms with van der Waals surface area (Å²) in [5.41, 5.74) is 4.85. The Morgan fingerprint density at radius 2 is 2.10 bits per heavy atom. The normalized spacial score (nSPS) is 18.2. The number of aryl methyl sites for hydroxylation is 2. The summed E-state index contributed by atoms with van der Waals surface area (Å²) in [5, 5.41) is 6.74. The molecule has 1 aromatic carbocycles. The van der Waals surface area contributed by atoms with Crippen molar-refractivity contribution in [3.8, 4) is 0 Å². The molecule has 1 saturated heterocycles. The Morgan fingerprint density at radius 3 is 2.76 bits per heavy atom. The second-order valence-corrected chi connectivity index (χ2v) is 6.01. The highest BCUT2D eigenvalue weighted by Gasteiger charge is 2.27. The van der Waals surface area contributed by atoms with Crippen molar-refractivity contribution in [1.29, 1.82) is 0 Å². The molecule has 3 rings (SSSR count). The number of aromatic amines is 1. The quantitative estimate of drug-likeness (QED) is 0.941. The molecule has 1 fully saturated rings. The topological polar surface area (TPSA) is 49.0 Å². The van der Waals surface area contributed by atoms with Crippen LogP contribution in [0, 0.1) is 13.8 Å². The molecule has 0 saturated carbocycles. The van der Waals surface area contributed by atoms with Crippen LogP contribution in [0.1, 0.15) is 34.7 Å². The average Bonchev–Trinajstić information content (AvgIpc) is 3.08. The first-order valence-corrected chi connectivity index (χ1v) is 7.46. The molecular formula is C17H21N3O. The van der Waals surface area contributed by atoms with Crippen LogP contribution in [-0.2, 0) is 11.2 Å². The van der Waals surface area contributed by atoms with Gasteiger partial charge in [0.05, 0.1) is 6.42 Å². The Kier molecular flexibility index (Phi) is 3.78. The smallest absolute Gasteiger partial charge is 0.228 e. The molecule has 0 radical (unpaired) electrons. The zero-order valence-electron chi connectivity index (χ0n) is 12.6. The first kappa shape index (κ1) is 13.9. The van der Waals surface area contributed by atoms with Crippen molar-refractivity contribution < 1.29 is 4.79 Å². The Morgan fingerprint density at radius 1 is 1.33 bits per heavy atom. The Labute approximate surface area is 125 Å². The van der Waals surface area contributed by atoms with Crippen molar-refractivity contribution in [1.82, 2.24) is 15.1 Å². The van der Waals surface area contributed by atoms with Gasteiger partial charge in [-0.1, -0.05) is 29.3 Å². The van der Waals surface area contributed by atoms with Crippen LogP contribution in [0.5, 0.6) is 0 Å². The third-order valence-electron chi connectivity index (χ3n) is 4.16. The summed E-state index contributed by atoms with van der Waals surface area (Å²) < 4.78 is 0. The first-order chi connectivity index (χ1) is 10.1. The van der Waals surface area contributed by atoms with Crippen LogP contribution < -0.4 is 0 Å². The summed E-state index contributed by atoms with van der Waals surface area (Å²) in [7, 11) is 0. The molecule has 1 aromatic heterocycles. The van der Waals surface area contributed by atoms with E-state index in [1.807, 2.05) is 11.0 Å². The van der Waals surface area contributed by atoms with E-state index in [-0.39, 0.29) is 5.91 Å². The Balaban J connectivity index is 1.66. The highest BCUT2D eigenvalue weighted by Crippen LogP contribution is 2.28. The van der Waals surface area contributed by atoms with E-state index in [1.165, 1.54) is 16.7 Å². The number of nitrogens with zero attached hydrogens (tertiary/aromatic N) is 2. The van der Waals surface area contributed by atoms with Gasteiger partial charge in [-0.25, -0.2) is 0 Å². The van der Waals surface area contributed by atoms with Crippen molar-refractivity contribution in [3.63, 3.8) is 0 Å². The number of hydrogen-bond donors (Lipinski definition) is 1. The van der Waals surface area contributed by atoms with Crippen LogP contribution in [0.2, 0.25) is 0 Å². The van der Waals surface area contributed by atoms with Gasteiger partial charge < -0.3 is 4.90 Å². The fraction of sp³-hybridized carbons (Fsp3) is 0.412. The Hall–Kier alpha value is -2.10. The third-order valence-corrected chi connectivity index (χ3v) is 4.16. The first-order valence-electron chi connectivity index (χ1n) is 7.46. The SMILES string of the molecule is Cc1cc(C)cc([C@@H]2CCN(C(=O)Cc3ccn[nH]3)C2)c1. The van der Waals surface area contributed by atoms with Gasteiger partial charge >= 0.3 is 0 Å². The summed E-state index contributed by atoms with van der Waals surface area (Å²) in [4.78, 5) is 14.3. The van der Waals surface area contributed by atoms with E-state index >= 15 is 0 Å². The Bertz CT molecular complexity index is 613. The molecule has 1 amide bonds. The number of H-pyrrole nitrogens is 1. The molecule has 0 aliphatic carbocycles. The monoisotopic (exact) mass is 283 g/mol. The molecule has 110 valence electrons. The molecule has 1 N–H and O–H groups in total. The van der Waals surface area contributed by atoms with Gasteiger partial charge in [-0.2, -0.15) is 5.10 Å². The second kappa shape index (κ2) is 5.72. The van der Waals surface area contributed by atoms with E-state index in [2.05, 4.69) is 42.2 Å². The van der Waals surface area contributed by atoms with Gasteiger partial charge in [0.25, 0.3) is 0 Å². The third kappa shape index (κ3) is 3.15. The molecule has 1 atom stereocenters. The number of aromatic nitrogens is 2. The standard InChI is InChI=1S/C17H21N3O/c1-12-7-13(2)9-15(8-12)14-4-6-20(11-14)17(21)10-16-3-5-18-19-16/h3,5,7-9,14H,4,6,10-11H2,1-2H3,(H,18,19)/t14-/m1/s1. The van der Waals surface area contributed by atoms with Gasteiger partial charge in [-0.05, 0) is 31.9 Å². The molecule has 1 aliphatic rings. The molecular weight excluding hydrogens is 262 g/mol. The lowest BCUT2D eigenvalue weighted by Crippen LogP contribution is -2.30. The summed E-state index contributed by atoms with van der Waals surface area (Å²) in [6.07, 6.45) is 3.15. The number of carbonyl (C=O) groups is 1. The lowest BCUT2D eigenvalue weighted by molar-refractivity contribution is -0.129. The van der Waals surface area contributed by atoms with E-state index in [9.17, 15) is 4.79 Å². The van der Waals surface area contributed by atoms with E-state index in [1.54, 1.807) is 6.20 Å². The lowest BCUT2D eigenvalue weighted by atomic mass is 9.95. The van der Waals surface area contributed by atoms with E-state index in [0.717, 1.165) is 25.2 Å².